The molecule has 1 fully saturated rings. The number of nitrogens with zero attached hydrogens (tertiary/aromatic N) is 1. The van der Waals surface area contributed by atoms with Gasteiger partial charge in [-0.05, 0) is 44.0 Å². The van der Waals surface area contributed by atoms with Crippen LogP contribution in [0.3, 0.4) is 0 Å². The van der Waals surface area contributed by atoms with Gasteiger partial charge in [0, 0.05) is 0 Å². The molecular formula is C14H14N2O3. The highest BCUT2D eigenvalue weighted by molar-refractivity contribution is 5.77. The molecule has 0 amide bonds. The van der Waals surface area contributed by atoms with Crippen LogP contribution >= 0.6 is 0 Å². The number of carbonyl (C=O) groups is 1. The Labute approximate surface area is 110 Å². The third kappa shape index (κ3) is 2.76. The number of aryl methyl sites for hydroxylation is 1. The number of aromatic amines is 1. The van der Waals surface area contributed by atoms with Crippen LogP contribution in [0.25, 0.3) is 0 Å². The summed E-state index contributed by atoms with van der Waals surface area (Å²) in [6, 6.07) is 6.99. The van der Waals surface area contributed by atoms with Crippen molar-refractivity contribution >= 4 is 5.97 Å². The molecule has 3 rings (SSSR count). The Bertz CT molecular complexity index is 585. The van der Waals surface area contributed by atoms with Crippen LogP contribution in [0.4, 0.5) is 0 Å². The first kappa shape index (κ1) is 11.8. The quantitative estimate of drug-likeness (QED) is 0.676. The van der Waals surface area contributed by atoms with E-state index in [1.165, 1.54) is 0 Å². The van der Waals surface area contributed by atoms with Crippen LogP contribution in [0.5, 0.6) is 17.2 Å². The molecule has 5 nitrogen and oxygen atoms in total. The highest BCUT2D eigenvalue weighted by atomic mass is 16.5. The maximum Gasteiger partial charge on any atom is 0.314 e. The maximum absolute atomic E-state index is 11.5. The number of aromatic nitrogens is 2. The minimum atomic E-state index is -0.139. The fourth-order valence-electron chi connectivity index (χ4n) is 1.66. The van der Waals surface area contributed by atoms with E-state index in [1.807, 2.05) is 6.92 Å². The van der Waals surface area contributed by atoms with Crippen molar-refractivity contribution in [2.75, 3.05) is 0 Å². The summed E-state index contributed by atoms with van der Waals surface area (Å²) >= 11 is 0. The van der Waals surface area contributed by atoms with E-state index in [-0.39, 0.29) is 11.9 Å². The fraction of sp³-hybridized carbons (Fsp3) is 0.286. The molecule has 1 aromatic heterocycles. The van der Waals surface area contributed by atoms with Gasteiger partial charge in [0.05, 0.1) is 17.8 Å². The van der Waals surface area contributed by atoms with Gasteiger partial charge < -0.3 is 9.47 Å². The van der Waals surface area contributed by atoms with E-state index in [2.05, 4.69) is 10.2 Å². The molecule has 1 aliphatic carbocycles. The molecule has 0 radical (unpaired) electrons. The second kappa shape index (κ2) is 4.76. The van der Waals surface area contributed by atoms with Crippen LogP contribution in [-0.4, -0.2) is 16.2 Å². The van der Waals surface area contributed by atoms with Gasteiger partial charge in [0.25, 0.3) is 0 Å². The van der Waals surface area contributed by atoms with Crippen molar-refractivity contribution in [2.45, 2.75) is 19.8 Å². The smallest absolute Gasteiger partial charge is 0.314 e. The maximum atomic E-state index is 11.5. The number of hydrogen-bond acceptors (Lipinski definition) is 4. The standard InChI is InChI=1S/C14H14N2O3/c1-9-13(8-15-16-9)18-11-4-6-12(7-5-11)19-14(17)10-2-3-10/h4-8,10H,2-3H2,1H3,(H,15,16). The molecular weight excluding hydrogens is 244 g/mol. The number of esters is 1. The summed E-state index contributed by atoms with van der Waals surface area (Å²) in [6.45, 7) is 1.88. The van der Waals surface area contributed by atoms with Crippen molar-refractivity contribution in [3.63, 3.8) is 0 Å². The molecule has 0 saturated heterocycles. The molecule has 0 atom stereocenters. The fourth-order valence-corrected chi connectivity index (χ4v) is 1.66. The first-order valence-corrected chi connectivity index (χ1v) is 6.22. The minimum Gasteiger partial charge on any atom is -0.454 e. The van der Waals surface area contributed by atoms with Gasteiger partial charge in [-0.15, -0.1) is 0 Å². The van der Waals surface area contributed by atoms with Gasteiger partial charge in [0.2, 0.25) is 0 Å². The van der Waals surface area contributed by atoms with Crippen molar-refractivity contribution in [3.8, 4) is 17.2 Å². The molecule has 19 heavy (non-hydrogen) atoms. The Morgan fingerprint density at radius 1 is 1.26 bits per heavy atom. The Kier molecular flexibility index (Phi) is 2.95. The molecule has 5 heteroatoms. The Morgan fingerprint density at radius 2 is 1.95 bits per heavy atom. The zero-order valence-corrected chi connectivity index (χ0v) is 10.6. The molecule has 1 saturated carbocycles. The summed E-state index contributed by atoms with van der Waals surface area (Å²) in [4.78, 5) is 11.5. The van der Waals surface area contributed by atoms with Crippen LogP contribution in [-0.2, 0) is 4.79 Å². The number of rotatable bonds is 4. The van der Waals surface area contributed by atoms with E-state index < -0.39 is 0 Å². The molecule has 0 aliphatic heterocycles. The normalized spacial score (nSPS) is 14.2. The van der Waals surface area contributed by atoms with Crippen molar-refractivity contribution in [3.05, 3.63) is 36.2 Å². The number of H-pyrrole nitrogens is 1. The number of benzene rings is 1. The van der Waals surface area contributed by atoms with Crippen molar-refractivity contribution in [2.24, 2.45) is 5.92 Å². The monoisotopic (exact) mass is 258 g/mol. The van der Waals surface area contributed by atoms with Crippen molar-refractivity contribution in [1.29, 1.82) is 0 Å². The lowest BCUT2D eigenvalue weighted by molar-refractivity contribution is -0.135. The molecule has 1 N–H and O–H groups in total. The average Bonchev–Trinajstić information content (AvgIpc) is 3.18. The topological polar surface area (TPSA) is 64.2 Å². The zero-order valence-electron chi connectivity index (χ0n) is 10.6. The molecule has 1 aliphatic rings. The Hall–Kier alpha value is -2.30. The van der Waals surface area contributed by atoms with E-state index in [4.69, 9.17) is 9.47 Å². The van der Waals surface area contributed by atoms with Gasteiger partial charge in [-0.1, -0.05) is 0 Å². The van der Waals surface area contributed by atoms with Gasteiger partial charge >= 0.3 is 5.97 Å². The summed E-state index contributed by atoms with van der Waals surface area (Å²) in [5, 5.41) is 6.68. The summed E-state index contributed by atoms with van der Waals surface area (Å²) in [7, 11) is 0. The van der Waals surface area contributed by atoms with E-state index in [0.717, 1.165) is 18.5 Å². The predicted octanol–water partition coefficient (Wildman–Crippen LogP) is 2.83. The van der Waals surface area contributed by atoms with Gasteiger partial charge in [0.1, 0.15) is 11.5 Å². The Morgan fingerprint density at radius 3 is 2.53 bits per heavy atom. The van der Waals surface area contributed by atoms with Crippen molar-refractivity contribution < 1.29 is 14.3 Å². The van der Waals surface area contributed by atoms with E-state index in [9.17, 15) is 4.79 Å². The molecule has 1 aromatic carbocycles. The second-order valence-corrected chi connectivity index (χ2v) is 4.63. The molecule has 0 unspecified atom stereocenters. The zero-order chi connectivity index (χ0) is 13.2. The first-order chi connectivity index (χ1) is 9.22. The van der Waals surface area contributed by atoms with Crippen molar-refractivity contribution in [1.82, 2.24) is 10.2 Å². The number of nitrogens with one attached hydrogen (secondary N) is 1. The second-order valence-electron chi connectivity index (χ2n) is 4.63. The Balaban J connectivity index is 1.65. The highest BCUT2D eigenvalue weighted by Gasteiger charge is 2.31. The van der Waals surface area contributed by atoms with Gasteiger partial charge in [-0.3, -0.25) is 9.89 Å². The lowest BCUT2D eigenvalue weighted by Gasteiger charge is -2.06. The SMILES string of the molecule is Cc1[nH]ncc1Oc1ccc(OC(=O)C2CC2)cc1. The summed E-state index contributed by atoms with van der Waals surface area (Å²) in [5.41, 5.74) is 0.865. The lowest BCUT2D eigenvalue weighted by Crippen LogP contribution is -2.09. The average molecular weight is 258 g/mol. The van der Waals surface area contributed by atoms with Gasteiger partial charge in [-0.2, -0.15) is 5.10 Å². The molecule has 1 heterocycles. The predicted molar refractivity (Wildman–Crippen MR) is 68.2 cm³/mol. The molecule has 98 valence electrons. The van der Waals surface area contributed by atoms with E-state index in [1.54, 1.807) is 30.5 Å². The molecule has 0 spiro atoms. The minimum absolute atomic E-state index is 0.101. The highest BCUT2D eigenvalue weighted by Crippen LogP contribution is 2.31. The van der Waals surface area contributed by atoms with Crippen LogP contribution < -0.4 is 9.47 Å². The number of hydrogen-bond donors (Lipinski definition) is 1. The lowest BCUT2D eigenvalue weighted by atomic mass is 10.3. The molecule has 2 aromatic rings. The summed E-state index contributed by atoms with van der Waals surface area (Å²) < 4.78 is 10.9. The molecule has 0 bridgehead atoms. The first-order valence-electron chi connectivity index (χ1n) is 6.22. The van der Waals surface area contributed by atoms with Crippen LogP contribution in [0.1, 0.15) is 18.5 Å². The van der Waals surface area contributed by atoms with Crippen LogP contribution in [0, 0.1) is 12.8 Å². The summed E-state index contributed by atoms with van der Waals surface area (Å²) in [6.07, 6.45) is 3.51. The van der Waals surface area contributed by atoms with E-state index >= 15 is 0 Å². The van der Waals surface area contributed by atoms with Crippen LogP contribution in [0.2, 0.25) is 0 Å². The van der Waals surface area contributed by atoms with Gasteiger partial charge in [-0.25, -0.2) is 0 Å². The van der Waals surface area contributed by atoms with Gasteiger partial charge in [0.15, 0.2) is 5.75 Å². The third-order valence-corrected chi connectivity index (χ3v) is 2.96. The third-order valence-electron chi connectivity index (χ3n) is 2.96. The summed E-state index contributed by atoms with van der Waals surface area (Å²) in [5.74, 6) is 1.87. The largest absolute Gasteiger partial charge is 0.454 e. The number of ether oxygens (including phenoxy) is 2. The van der Waals surface area contributed by atoms with Crippen LogP contribution in [0.15, 0.2) is 30.5 Å². The van der Waals surface area contributed by atoms with E-state index in [0.29, 0.717) is 17.2 Å². The number of carbonyl (C=O) groups excluding carboxylic acids is 1.